The van der Waals surface area contributed by atoms with E-state index in [4.69, 9.17) is 0 Å². The van der Waals surface area contributed by atoms with Crippen LogP contribution in [0, 0.1) is 0 Å². The molecule has 0 bridgehead atoms. The minimum atomic E-state index is -3.61. The van der Waals surface area contributed by atoms with E-state index >= 15 is 0 Å². The maximum atomic E-state index is 13.2. The molecule has 0 saturated heterocycles. The van der Waals surface area contributed by atoms with E-state index < -0.39 is 10.0 Å². The maximum Gasteiger partial charge on any atom is 0.246 e. The van der Waals surface area contributed by atoms with Crippen LogP contribution in [0.4, 0.5) is 0 Å². The van der Waals surface area contributed by atoms with E-state index in [-0.39, 0.29) is 4.90 Å². The first-order chi connectivity index (χ1) is 13.0. The highest BCUT2D eigenvalue weighted by Crippen LogP contribution is 2.28. The molecule has 6 heteroatoms. The third-order valence-corrected chi connectivity index (χ3v) is 6.34. The van der Waals surface area contributed by atoms with E-state index in [1.54, 1.807) is 17.9 Å². The lowest BCUT2D eigenvalue weighted by atomic mass is 10.2. The Kier molecular flexibility index (Phi) is 6.08. The van der Waals surface area contributed by atoms with Crippen molar-refractivity contribution in [1.82, 2.24) is 14.1 Å². The van der Waals surface area contributed by atoms with Crippen LogP contribution in [0.5, 0.6) is 0 Å². The van der Waals surface area contributed by atoms with Crippen molar-refractivity contribution in [1.29, 1.82) is 0 Å². The van der Waals surface area contributed by atoms with Gasteiger partial charge in [-0.2, -0.15) is 5.10 Å². The third kappa shape index (κ3) is 4.46. The average molecular weight is 384 g/mol. The molecule has 0 N–H and O–H groups in total. The minimum Gasteiger partial charge on any atom is -0.266 e. The first-order valence-corrected chi connectivity index (χ1v) is 10.6. The predicted octanol–water partition coefficient (Wildman–Crippen LogP) is 4.02. The number of nitrogens with zero attached hydrogens (tertiary/aromatic N) is 3. The molecule has 1 aromatic heterocycles. The van der Waals surface area contributed by atoms with Crippen LogP contribution in [-0.4, -0.2) is 36.1 Å². The van der Waals surface area contributed by atoms with Gasteiger partial charge in [-0.1, -0.05) is 74.0 Å². The Morgan fingerprint density at radius 1 is 1.00 bits per heavy atom. The normalized spacial score (nSPS) is 11.8. The molecule has 1 heterocycles. The van der Waals surface area contributed by atoms with Gasteiger partial charge in [0.2, 0.25) is 10.0 Å². The summed E-state index contributed by atoms with van der Waals surface area (Å²) in [7, 11) is -1.98. The third-order valence-electron chi connectivity index (χ3n) is 4.48. The van der Waals surface area contributed by atoms with Crippen molar-refractivity contribution in [2.24, 2.45) is 0 Å². The zero-order valence-corrected chi connectivity index (χ0v) is 16.6. The van der Waals surface area contributed by atoms with Gasteiger partial charge in [-0.05, 0) is 12.0 Å². The van der Waals surface area contributed by atoms with Gasteiger partial charge in [0, 0.05) is 25.4 Å². The topological polar surface area (TPSA) is 55.2 Å². The van der Waals surface area contributed by atoms with Gasteiger partial charge < -0.3 is 0 Å². The molecule has 3 rings (SSSR count). The number of hydrogen-bond donors (Lipinski definition) is 0. The van der Waals surface area contributed by atoms with Gasteiger partial charge in [-0.15, -0.1) is 0 Å². The Morgan fingerprint density at radius 2 is 1.63 bits per heavy atom. The monoisotopic (exact) mass is 383 g/mol. The quantitative estimate of drug-likeness (QED) is 0.590. The van der Waals surface area contributed by atoms with Gasteiger partial charge in [0.25, 0.3) is 0 Å². The van der Waals surface area contributed by atoms with Crippen LogP contribution in [0.15, 0.2) is 71.8 Å². The number of aromatic nitrogens is 2. The van der Waals surface area contributed by atoms with E-state index in [0.29, 0.717) is 18.8 Å². The minimum absolute atomic E-state index is 0.253. The Labute approximate surface area is 161 Å². The van der Waals surface area contributed by atoms with Crippen LogP contribution >= 0.6 is 0 Å². The van der Waals surface area contributed by atoms with Gasteiger partial charge >= 0.3 is 0 Å². The molecular weight excluding hydrogens is 358 g/mol. The Bertz CT molecular complexity index is 967. The van der Waals surface area contributed by atoms with Crippen molar-refractivity contribution in [3.05, 3.63) is 72.4 Å². The van der Waals surface area contributed by atoms with Gasteiger partial charge in [-0.25, -0.2) is 12.7 Å². The molecule has 27 heavy (non-hydrogen) atoms. The summed E-state index contributed by atoms with van der Waals surface area (Å²) in [6, 6.07) is 19.4. The highest BCUT2D eigenvalue weighted by Gasteiger charge is 2.27. The van der Waals surface area contributed by atoms with Gasteiger partial charge in [0.05, 0.1) is 6.54 Å². The zero-order valence-electron chi connectivity index (χ0n) is 15.7. The Hall–Kier alpha value is -2.44. The Balaban J connectivity index is 2.03. The van der Waals surface area contributed by atoms with E-state index in [2.05, 4.69) is 5.10 Å². The summed E-state index contributed by atoms with van der Waals surface area (Å²) in [5, 5.41) is 4.62. The van der Waals surface area contributed by atoms with Crippen molar-refractivity contribution in [3.63, 3.8) is 0 Å². The van der Waals surface area contributed by atoms with E-state index in [9.17, 15) is 8.42 Å². The van der Waals surface area contributed by atoms with Crippen molar-refractivity contribution in [3.8, 4) is 11.3 Å². The second-order valence-electron chi connectivity index (χ2n) is 6.57. The summed E-state index contributed by atoms with van der Waals surface area (Å²) in [5.74, 6) is 0. The molecular formula is C21H25N3O2S. The summed E-state index contributed by atoms with van der Waals surface area (Å²) >= 11 is 0. The zero-order chi connectivity index (χ0) is 19.3. The fourth-order valence-electron chi connectivity index (χ4n) is 2.91. The standard InChI is InChI=1S/C21H25N3O2S/c1-3-4-15-23(2)27(25,26)20-17-24(16-18-11-7-5-8-12-18)22-21(20)19-13-9-6-10-14-19/h5-14,17H,3-4,15-16H2,1-2H3. The van der Waals surface area contributed by atoms with Crippen molar-refractivity contribution in [2.45, 2.75) is 31.2 Å². The number of benzene rings is 2. The molecule has 0 spiro atoms. The summed E-state index contributed by atoms with van der Waals surface area (Å²) in [5.41, 5.74) is 2.37. The lowest BCUT2D eigenvalue weighted by Gasteiger charge is -2.16. The molecule has 0 unspecified atom stereocenters. The molecule has 0 aliphatic carbocycles. The molecule has 2 aromatic carbocycles. The maximum absolute atomic E-state index is 13.2. The molecule has 0 fully saturated rings. The summed E-state index contributed by atoms with van der Waals surface area (Å²) in [4.78, 5) is 0.253. The first-order valence-electron chi connectivity index (χ1n) is 9.15. The smallest absolute Gasteiger partial charge is 0.246 e. The lowest BCUT2D eigenvalue weighted by Crippen LogP contribution is -2.28. The predicted molar refractivity (Wildman–Crippen MR) is 108 cm³/mol. The highest BCUT2D eigenvalue weighted by molar-refractivity contribution is 7.89. The SMILES string of the molecule is CCCCN(C)S(=O)(=O)c1cn(Cc2ccccc2)nc1-c1ccccc1. The molecule has 0 radical (unpaired) electrons. The first kappa shape index (κ1) is 19.3. The largest absolute Gasteiger partial charge is 0.266 e. The van der Waals surface area contributed by atoms with E-state index in [0.717, 1.165) is 24.0 Å². The van der Waals surface area contributed by atoms with Crippen LogP contribution in [0.25, 0.3) is 11.3 Å². The molecule has 142 valence electrons. The van der Waals surface area contributed by atoms with Crippen LogP contribution in [-0.2, 0) is 16.6 Å². The number of sulfonamides is 1. The molecule has 0 saturated carbocycles. The van der Waals surface area contributed by atoms with E-state index in [1.807, 2.05) is 67.6 Å². The van der Waals surface area contributed by atoms with Gasteiger partial charge in [0.1, 0.15) is 10.6 Å². The highest BCUT2D eigenvalue weighted by atomic mass is 32.2. The fourth-order valence-corrected chi connectivity index (χ4v) is 4.27. The second-order valence-corrected chi connectivity index (χ2v) is 8.58. The molecule has 0 atom stereocenters. The number of hydrogen-bond acceptors (Lipinski definition) is 3. The number of rotatable bonds is 8. The van der Waals surface area contributed by atoms with Crippen molar-refractivity contribution < 1.29 is 8.42 Å². The second kappa shape index (κ2) is 8.50. The lowest BCUT2D eigenvalue weighted by molar-refractivity contribution is 0.459. The summed E-state index contributed by atoms with van der Waals surface area (Å²) < 4.78 is 29.5. The van der Waals surface area contributed by atoms with Crippen LogP contribution < -0.4 is 0 Å². The van der Waals surface area contributed by atoms with Gasteiger partial charge in [-0.3, -0.25) is 4.68 Å². The fraction of sp³-hybridized carbons (Fsp3) is 0.286. The van der Waals surface area contributed by atoms with Crippen molar-refractivity contribution >= 4 is 10.0 Å². The summed E-state index contributed by atoms with van der Waals surface area (Å²) in [6.07, 6.45) is 3.42. The van der Waals surface area contributed by atoms with E-state index in [1.165, 1.54) is 4.31 Å². The molecule has 3 aromatic rings. The van der Waals surface area contributed by atoms with Crippen LogP contribution in [0.3, 0.4) is 0 Å². The molecule has 0 aliphatic heterocycles. The molecule has 5 nitrogen and oxygen atoms in total. The van der Waals surface area contributed by atoms with Crippen LogP contribution in [0.1, 0.15) is 25.3 Å². The summed E-state index contributed by atoms with van der Waals surface area (Å²) in [6.45, 7) is 3.07. The average Bonchev–Trinajstić information content (AvgIpc) is 3.12. The number of unbranched alkanes of at least 4 members (excludes halogenated alkanes) is 1. The molecule has 0 aliphatic rings. The van der Waals surface area contributed by atoms with Crippen LogP contribution in [0.2, 0.25) is 0 Å². The Morgan fingerprint density at radius 3 is 2.26 bits per heavy atom. The van der Waals surface area contributed by atoms with Gasteiger partial charge in [0.15, 0.2) is 0 Å². The molecule has 0 amide bonds. The van der Waals surface area contributed by atoms with Crippen molar-refractivity contribution in [2.75, 3.05) is 13.6 Å².